The van der Waals surface area contributed by atoms with Gasteiger partial charge in [0.1, 0.15) is 5.75 Å². The molecule has 4 aromatic rings. The van der Waals surface area contributed by atoms with Crippen molar-refractivity contribution in [3.63, 3.8) is 0 Å². The Hall–Kier alpha value is -3.19. The van der Waals surface area contributed by atoms with Gasteiger partial charge in [0.05, 0.1) is 34.7 Å². The maximum absolute atomic E-state index is 10.6. The zero-order valence-corrected chi connectivity index (χ0v) is 18.4. The van der Waals surface area contributed by atoms with E-state index in [0.29, 0.717) is 27.8 Å². The topological polar surface area (TPSA) is 79.4 Å². The van der Waals surface area contributed by atoms with Gasteiger partial charge in [-0.2, -0.15) is 5.10 Å². The van der Waals surface area contributed by atoms with Crippen molar-refractivity contribution in [1.82, 2.24) is 19.7 Å². The fraction of sp³-hybridized carbons (Fsp3) is 0.304. The molecule has 0 saturated carbocycles. The smallest absolute Gasteiger partial charge is 0.161 e. The Balaban J connectivity index is 1.57. The monoisotopic (exact) mass is 434 g/mol. The molecule has 0 bridgehead atoms. The van der Waals surface area contributed by atoms with Crippen molar-refractivity contribution in [2.24, 2.45) is 18.0 Å². The molecule has 0 aliphatic carbocycles. The van der Waals surface area contributed by atoms with Crippen LogP contribution in [0.25, 0.3) is 33.2 Å². The van der Waals surface area contributed by atoms with E-state index >= 15 is 0 Å². The van der Waals surface area contributed by atoms with E-state index in [1.807, 2.05) is 31.6 Å². The van der Waals surface area contributed by atoms with Crippen LogP contribution in [0.1, 0.15) is 13.8 Å². The molecule has 5 rings (SSSR count). The number of aromatic hydroxyl groups is 1. The number of anilines is 1. The fourth-order valence-electron chi connectivity index (χ4n) is 4.09. The molecular weight excluding hydrogens is 412 g/mol. The SMILES string of the molecule is CC1=NC[C@@H](C)CN(c2cnc3nc(-c4cc5cn(C)nc5cc4O)cc(Cl)c3c2)C1. The second-order valence-corrected chi connectivity index (χ2v) is 8.75. The second kappa shape index (κ2) is 7.50. The summed E-state index contributed by atoms with van der Waals surface area (Å²) in [6.45, 7) is 6.80. The number of aryl methyl sites for hydroxylation is 1. The van der Waals surface area contributed by atoms with Crippen molar-refractivity contribution in [2.45, 2.75) is 13.8 Å². The van der Waals surface area contributed by atoms with Crippen LogP contribution in [0.15, 0.2) is 41.7 Å². The van der Waals surface area contributed by atoms with Crippen molar-refractivity contribution < 1.29 is 5.11 Å². The molecule has 7 nitrogen and oxygen atoms in total. The van der Waals surface area contributed by atoms with Gasteiger partial charge >= 0.3 is 0 Å². The first kappa shape index (κ1) is 19.8. The van der Waals surface area contributed by atoms with Crippen molar-refractivity contribution >= 4 is 44.9 Å². The van der Waals surface area contributed by atoms with Gasteiger partial charge in [-0.3, -0.25) is 9.67 Å². The van der Waals surface area contributed by atoms with Gasteiger partial charge in [-0.1, -0.05) is 18.5 Å². The molecule has 0 spiro atoms. The van der Waals surface area contributed by atoms with E-state index in [9.17, 15) is 5.11 Å². The molecule has 0 amide bonds. The average Bonchev–Trinajstić information content (AvgIpc) is 3.00. The number of hydrogen-bond donors (Lipinski definition) is 1. The summed E-state index contributed by atoms with van der Waals surface area (Å²) in [5.41, 5.74) is 4.57. The number of fused-ring (bicyclic) bond motifs is 2. The van der Waals surface area contributed by atoms with Gasteiger partial charge in [0.25, 0.3) is 0 Å². The number of benzene rings is 1. The first-order valence-corrected chi connectivity index (χ1v) is 10.6. The average molecular weight is 435 g/mol. The summed E-state index contributed by atoms with van der Waals surface area (Å²) in [5, 5.41) is 17.1. The summed E-state index contributed by atoms with van der Waals surface area (Å²) in [5.74, 6) is 0.577. The van der Waals surface area contributed by atoms with Gasteiger partial charge in [0, 0.05) is 54.4 Å². The van der Waals surface area contributed by atoms with Crippen LogP contribution in [0.5, 0.6) is 5.75 Å². The molecule has 1 N–H and O–H groups in total. The van der Waals surface area contributed by atoms with Gasteiger partial charge in [-0.15, -0.1) is 0 Å². The van der Waals surface area contributed by atoms with Crippen LogP contribution in [0.3, 0.4) is 0 Å². The summed E-state index contributed by atoms with van der Waals surface area (Å²) in [6, 6.07) is 7.34. The Morgan fingerprint density at radius 1 is 1.19 bits per heavy atom. The number of nitrogens with zero attached hydrogens (tertiary/aromatic N) is 6. The lowest BCUT2D eigenvalue weighted by atomic mass is 10.1. The van der Waals surface area contributed by atoms with Gasteiger partial charge in [0.2, 0.25) is 0 Å². The first-order chi connectivity index (χ1) is 14.9. The minimum Gasteiger partial charge on any atom is -0.507 e. The molecule has 1 aliphatic heterocycles. The first-order valence-electron chi connectivity index (χ1n) is 10.3. The second-order valence-electron chi connectivity index (χ2n) is 8.35. The number of rotatable bonds is 2. The molecule has 4 heterocycles. The van der Waals surface area contributed by atoms with Crippen molar-refractivity contribution in [3.8, 4) is 17.0 Å². The number of hydrogen-bond acceptors (Lipinski definition) is 6. The number of phenolic OH excluding ortho intramolecular Hbond substituents is 1. The summed E-state index contributed by atoms with van der Waals surface area (Å²) in [7, 11) is 1.85. The lowest BCUT2D eigenvalue weighted by molar-refractivity contribution is 0.478. The highest BCUT2D eigenvalue weighted by atomic mass is 35.5. The number of aliphatic imine (C=N–C) groups is 1. The molecule has 1 aromatic carbocycles. The van der Waals surface area contributed by atoms with E-state index in [1.165, 1.54) is 0 Å². The normalized spacial score (nSPS) is 17.2. The van der Waals surface area contributed by atoms with Crippen molar-refractivity contribution in [2.75, 3.05) is 24.5 Å². The predicted octanol–water partition coefficient (Wildman–Crippen LogP) is 4.46. The molecule has 0 radical (unpaired) electrons. The molecule has 31 heavy (non-hydrogen) atoms. The van der Waals surface area contributed by atoms with E-state index in [4.69, 9.17) is 16.6 Å². The fourth-order valence-corrected chi connectivity index (χ4v) is 4.33. The molecule has 8 heteroatoms. The standard InChI is InChI=1S/C23H23ClN6O/c1-13-8-25-14(2)11-30(10-13)16-5-17-19(24)6-21(27-23(17)26-9-16)18-4-15-12-29(3)28-20(15)7-22(18)31/h4-7,9,12-13,31H,8,10-11H2,1-3H3/t13-/m1/s1. The third kappa shape index (κ3) is 3.70. The molecule has 0 fully saturated rings. The molecule has 3 aromatic heterocycles. The largest absolute Gasteiger partial charge is 0.507 e. The van der Waals surface area contributed by atoms with Crippen LogP contribution in [0, 0.1) is 5.92 Å². The lowest BCUT2D eigenvalue weighted by Gasteiger charge is -2.25. The van der Waals surface area contributed by atoms with E-state index in [1.54, 1.807) is 16.8 Å². The molecule has 158 valence electrons. The van der Waals surface area contributed by atoms with E-state index in [2.05, 4.69) is 33.8 Å². The third-order valence-corrected chi connectivity index (χ3v) is 5.91. The highest BCUT2D eigenvalue weighted by Crippen LogP contribution is 2.35. The van der Waals surface area contributed by atoms with E-state index in [0.717, 1.165) is 47.3 Å². The van der Waals surface area contributed by atoms with Crippen LogP contribution in [0.4, 0.5) is 5.69 Å². The van der Waals surface area contributed by atoms with Gasteiger partial charge < -0.3 is 10.0 Å². The van der Waals surface area contributed by atoms with E-state index < -0.39 is 0 Å². The Kier molecular flexibility index (Phi) is 4.78. The zero-order chi connectivity index (χ0) is 21.7. The Bertz CT molecular complexity index is 1350. The molecule has 0 unspecified atom stereocenters. The minimum absolute atomic E-state index is 0.110. The Morgan fingerprint density at radius 2 is 2.03 bits per heavy atom. The molecule has 0 saturated heterocycles. The van der Waals surface area contributed by atoms with Crippen LogP contribution in [-0.4, -0.2) is 50.2 Å². The van der Waals surface area contributed by atoms with E-state index in [-0.39, 0.29) is 5.75 Å². The van der Waals surface area contributed by atoms with Crippen molar-refractivity contribution in [3.05, 3.63) is 41.7 Å². The highest BCUT2D eigenvalue weighted by Gasteiger charge is 2.18. The number of phenols is 1. The maximum Gasteiger partial charge on any atom is 0.161 e. The maximum atomic E-state index is 10.6. The molecule has 1 aliphatic rings. The molecule has 1 atom stereocenters. The summed E-state index contributed by atoms with van der Waals surface area (Å²) < 4.78 is 1.72. The number of halogens is 1. The van der Waals surface area contributed by atoms with Crippen LogP contribution in [0.2, 0.25) is 5.02 Å². The lowest BCUT2D eigenvalue weighted by Crippen LogP contribution is -2.31. The van der Waals surface area contributed by atoms with Crippen LogP contribution < -0.4 is 4.90 Å². The summed E-state index contributed by atoms with van der Waals surface area (Å²) in [4.78, 5) is 16.2. The van der Waals surface area contributed by atoms with Crippen LogP contribution in [-0.2, 0) is 7.05 Å². The van der Waals surface area contributed by atoms with Gasteiger partial charge in [0.15, 0.2) is 5.65 Å². The highest BCUT2D eigenvalue weighted by molar-refractivity contribution is 6.35. The Morgan fingerprint density at radius 3 is 2.87 bits per heavy atom. The quantitative estimate of drug-likeness (QED) is 0.504. The summed E-state index contributed by atoms with van der Waals surface area (Å²) >= 11 is 6.67. The summed E-state index contributed by atoms with van der Waals surface area (Å²) in [6.07, 6.45) is 3.74. The van der Waals surface area contributed by atoms with Gasteiger partial charge in [-0.25, -0.2) is 9.97 Å². The van der Waals surface area contributed by atoms with Crippen LogP contribution >= 0.6 is 11.6 Å². The third-order valence-electron chi connectivity index (χ3n) is 5.60. The Labute approximate surface area is 185 Å². The van der Waals surface area contributed by atoms with Gasteiger partial charge in [-0.05, 0) is 31.0 Å². The number of pyridine rings is 2. The zero-order valence-electron chi connectivity index (χ0n) is 17.7. The molecular formula is C23H23ClN6O. The predicted molar refractivity (Wildman–Crippen MR) is 125 cm³/mol. The minimum atomic E-state index is 0.110. The number of aromatic nitrogens is 4. The van der Waals surface area contributed by atoms with Crippen molar-refractivity contribution in [1.29, 1.82) is 0 Å².